The van der Waals surface area contributed by atoms with Crippen LogP contribution in [0.1, 0.15) is 16.2 Å². The molecule has 2 aromatic carbocycles. The molecule has 6 nitrogen and oxygen atoms in total. The Morgan fingerprint density at radius 1 is 1.17 bits per heavy atom. The Morgan fingerprint density at radius 2 is 1.96 bits per heavy atom. The van der Waals surface area contributed by atoms with Crippen LogP contribution in [0.3, 0.4) is 0 Å². The third-order valence-corrected chi connectivity index (χ3v) is 3.63. The molecule has 0 atom stereocenters. The predicted molar refractivity (Wildman–Crippen MR) is 92.1 cm³/mol. The van der Waals surface area contributed by atoms with Gasteiger partial charge in [-0.25, -0.2) is 0 Å². The number of hydrogen-bond donors (Lipinski definition) is 1. The number of ether oxygens (including phenoxy) is 1. The van der Waals surface area contributed by atoms with Gasteiger partial charge in [0.1, 0.15) is 5.75 Å². The minimum absolute atomic E-state index is 0.237. The summed E-state index contributed by atoms with van der Waals surface area (Å²) < 4.78 is 5.23. The smallest absolute Gasteiger partial charge is 0.278 e. The van der Waals surface area contributed by atoms with Crippen LogP contribution in [-0.4, -0.2) is 28.0 Å². The second kappa shape index (κ2) is 6.72. The highest BCUT2D eigenvalue weighted by atomic mass is 35.5. The number of aromatic nitrogens is 3. The van der Waals surface area contributed by atoms with Gasteiger partial charge in [-0.05, 0) is 37.3 Å². The fourth-order valence-electron chi connectivity index (χ4n) is 2.23. The summed E-state index contributed by atoms with van der Waals surface area (Å²) in [6.45, 7) is 1.73. The largest absolute Gasteiger partial charge is 0.495 e. The molecule has 24 heavy (non-hydrogen) atoms. The van der Waals surface area contributed by atoms with Gasteiger partial charge in [0.2, 0.25) is 0 Å². The van der Waals surface area contributed by atoms with Crippen LogP contribution in [0.4, 0.5) is 5.69 Å². The van der Waals surface area contributed by atoms with Crippen molar-refractivity contribution in [2.45, 2.75) is 6.92 Å². The maximum Gasteiger partial charge on any atom is 0.278 e. The van der Waals surface area contributed by atoms with E-state index in [-0.39, 0.29) is 11.6 Å². The highest BCUT2D eigenvalue weighted by Gasteiger charge is 2.18. The number of benzene rings is 2. The van der Waals surface area contributed by atoms with E-state index in [1.54, 1.807) is 44.4 Å². The van der Waals surface area contributed by atoms with Crippen molar-refractivity contribution in [2.75, 3.05) is 12.4 Å². The van der Waals surface area contributed by atoms with Crippen LogP contribution in [0.2, 0.25) is 5.02 Å². The van der Waals surface area contributed by atoms with Crippen molar-refractivity contribution in [3.05, 3.63) is 64.9 Å². The van der Waals surface area contributed by atoms with Crippen molar-refractivity contribution in [2.24, 2.45) is 0 Å². The van der Waals surface area contributed by atoms with E-state index < -0.39 is 0 Å². The van der Waals surface area contributed by atoms with Gasteiger partial charge in [0.15, 0.2) is 5.69 Å². The van der Waals surface area contributed by atoms with Gasteiger partial charge in [0.25, 0.3) is 5.91 Å². The lowest BCUT2D eigenvalue weighted by molar-refractivity contribution is 0.102. The Bertz CT molecular complexity index is 892. The van der Waals surface area contributed by atoms with Crippen molar-refractivity contribution in [3.8, 4) is 11.4 Å². The van der Waals surface area contributed by atoms with E-state index in [4.69, 9.17) is 16.3 Å². The van der Waals surface area contributed by atoms with Crippen molar-refractivity contribution in [1.82, 2.24) is 15.0 Å². The molecule has 3 rings (SSSR count). The number of aryl methyl sites for hydroxylation is 1. The van der Waals surface area contributed by atoms with Crippen LogP contribution in [0.15, 0.2) is 48.5 Å². The number of hydrogen-bond acceptors (Lipinski definition) is 4. The fraction of sp³-hybridized carbons (Fsp3) is 0.118. The number of nitrogens with one attached hydrogen (secondary N) is 1. The Labute approximate surface area is 144 Å². The minimum atomic E-state index is -0.356. The number of methoxy groups -OCH3 is 1. The molecule has 0 radical (unpaired) electrons. The summed E-state index contributed by atoms with van der Waals surface area (Å²) in [4.78, 5) is 13.9. The van der Waals surface area contributed by atoms with E-state index in [1.165, 1.54) is 4.80 Å². The lowest BCUT2D eigenvalue weighted by atomic mass is 10.2. The quantitative estimate of drug-likeness (QED) is 0.788. The maximum atomic E-state index is 12.5. The van der Waals surface area contributed by atoms with E-state index in [9.17, 15) is 4.79 Å². The van der Waals surface area contributed by atoms with Gasteiger partial charge in [0, 0.05) is 5.02 Å². The molecule has 0 bridgehead atoms. The van der Waals surface area contributed by atoms with Gasteiger partial charge in [-0.2, -0.15) is 9.90 Å². The van der Waals surface area contributed by atoms with Crippen LogP contribution in [-0.2, 0) is 0 Å². The second-order valence-corrected chi connectivity index (χ2v) is 5.49. The van der Waals surface area contributed by atoms with E-state index in [0.717, 1.165) is 0 Å². The predicted octanol–water partition coefficient (Wildman–Crippen LogP) is 3.49. The Morgan fingerprint density at radius 3 is 2.71 bits per heavy atom. The Hall–Kier alpha value is -2.86. The summed E-state index contributed by atoms with van der Waals surface area (Å²) in [7, 11) is 1.55. The molecule has 3 aromatic rings. The standard InChI is InChI=1S/C17H15ClN4O2/c1-11-16(17(23)19-14-8-3-4-9-15(14)24-2)21-22(20-11)13-7-5-6-12(18)10-13/h3-10H,1-2H3,(H,19,23). The fourth-order valence-corrected chi connectivity index (χ4v) is 2.42. The van der Waals surface area contributed by atoms with Crippen LogP contribution in [0, 0.1) is 6.92 Å². The van der Waals surface area contributed by atoms with Gasteiger partial charge in [-0.15, -0.1) is 5.10 Å². The highest BCUT2D eigenvalue weighted by molar-refractivity contribution is 6.30. The molecular formula is C17H15ClN4O2. The molecule has 0 fully saturated rings. The topological polar surface area (TPSA) is 69.0 Å². The number of nitrogens with zero attached hydrogens (tertiary/aromatic N) is 3. The minimum Gasteiger partial charge on any atom is -0.495 e. The number of amides is 1. The summed E-state index contributed by atoms with van der Waals surface area (Å²) >= 11 is 5.98. The Kier molecular flexibility index (Phi) is 4.48. The van der Waals surface area contributed by atoms with E-state index >= 15 is 0 Å². The number of carbonyl (C=O) groups is 1. The first-order valence-electron chi connectivity index (χ1n) is 7.23. The van der Waals surface area contributed by atoms with Crippen LogP contribution in [0.5, 0.6) is 5.75 Å². The second-order valence-electron chi connectivity index (χ2n) is 5.06. The molecule has 0 aliphatic rings. The summed E-state index contributed by atoms with van der Waals surface area (Å²) in [6.07, 6.45) is 0. The number of anilines is 1. The normalized spacial score (nSPS) is 10.5. The lowest BCUT2D eigenvalue weighted by Gasteiger charge is -2.08. The zero-order valence-corrected chi connectivity index (χ0v) is 13.9. The molecule has 7 heteroatoms. The van der Waals surface area contributed by atoms with Crippen molar-refractivity contribution < 1.29 is 9.53 Å². The first-order valence-corrected chi connectivity index (χ1v) is 7.60. The molecule has 0 saturated heterocycles. The summed E-state index contributed by atoms with van der Waals surface area (Å²) in [5.74, 6) is 0.219. The van der Waals surface area contributed by atoms with E-state index in [0.29, 0.717) is 27.8 Å². The number of rotatable bonds is 4. The molecule has 122 valence electrons. The molecule has 0 aliphatic carbocycles. The molecular weight excluding hydrogens is 328 g/mol. The number of para-hydroxylation sites is 2. The average Bonchev–Trinajstić information content (AvgIpc) is 2.97. The number of halogens is 1. The summed E-state index contributed by atoms with van der Waals surface area (Å²) in [6, 6.07) is 14.3. The van der Waals surface area contributed by atoms with Crippen LogP contribution in [0.25, 0.3) is 5.69 Å². The van der Waals surface area contributed by atoms with Gasteiger partial charge >= 0.3 is 0 Å². The van der Waals surface area contributed by atoms with Crippen molar-refractivity contribution >= 4 is 23.2 Å². The summed E-state index contributed by atoms with van der Waals surface area (Å²) in [5.41, 5.74) is 2.01. The first kappa shape index (κ1) is 16.0. The molecule has 0 unspecified atom stereocenters. The molecule has 1 amide bonds. The SMILES string of the molecule is COc1ccccc1NC(=O)c1nn(-c2cccc(Cl)c2)nc1C. The first-order chi connectivity index (χ1) is 11.6. The average molecular weight is 343 g/mol. The van der Waals surface area contributed by atoms with Crippen LogP contribution >= 0.6 is 11.6 Å². The van der Waals surface area contributed by atoms with Gasteiger partial charge in [-0.3, -0.25) is 4.79 Å². The molecule has 1 heterocycles. The molecule has 0 saturated carbocycles. The lowest BCUT2D eigenvalue weighted by Crippen LogP contribution is -2.14. The highest BCUT2D eigenvalue weighted by Crippen LogP contribution is 2.24. The molecule has 0 spiro atoms. The molecule has 1 aromatic heterocycles. The van der Waals surface area contributed by atoms with Crippen LogP contribution < -0.4 is 10.1 Å². The monoisotopic (exact) mass is 342 g/mol. The number of carbonyl (C=O) groups excluding carboxylic acids is 1. The third-order valence-electron chi connectivity index (χ3n) is 3.39. The third kappa shape index (κ3) is 3.23. The summed E-state index contributed by atoms with van der Waals surface area (Å²) in [5, 5.41) is 11.9. The van der Waals surface area contributed by atoms with E-state index in [1.807, 2.05) is 18.2 Å². The van der Waals surface area contributed by atoms with Gasteiger partial charge in [-0.1, -0.05) is 29.8 Å². The van der Waals surface area contributed by atoms with Crippen molar-refractivity contribution in [3.63, 3.8) is 0 Å². The Balaban J connectivity index is 1.88. The van der Waals surface area contributed by atoms with Crippen molar-refractivity contribution in [1.29, 1.82) is 0 Å². The zero-order chi connectivity index (χ0) is 17.1. The molecule has 1 N–H and O–H groups in total. The maximum absolute atomic E-state index is 12.5. The van der Waals surface area contributed by atoms with E-state index in [2.05, 4.69) is 15.5 Å². The molecule has 0 aliphatic heterocycles. The van der Waals surface area contributed by atoms with Gasteiger partial charge in [0.05, 0.1) is 24.2 Å². The van der Waals surface area contributed by atoms with Gasteiger partial charge < -0.3 is 10.1 Å². The zero-order valence-electron chi connectivity index (χ0n) is 13.2.